The molecule has 2 N–H and O–H groups in total. The summed E-state index contributed by atoms with van der Waals surface area (Å²) < 4.78 is 0. The van der Waals surface area contributed by atoms with Gasteiger partial charge in [0.2, 0.25) is 5.56 Å². The van der Waals surface area contributed by atoms with Gasteiger partial charge in [-0.25, -0.2) is 0 Å². The summed E-state index contributed by atoms with van der Waals surface area (Å²) in [4.78, 5) is 18.6. The number of aromatic amines is 1. The van der Waals surface area contributed by atoms with Crippen LogP contribution in [0.25, 0.3) is 22.0 Å². The van der Waals surface area contributed by atoms with Gasteiger partial charge in [-0.2, -0.15) is 0 Å². The Morgan fingerprint density at radius 2 is 2.00 bits per heavy atom. The molecule has 0 amide bonds. The molecular formula is C21H21N3O. The Labute approximate surface area is 146 Å². The van der Waals surface area contributed by atoms with E-state index in [9.17, 15) is 4.79 Å². The van der Waals surface area contributed by atoms with Gasteiger partial charge in [-0.15, -0.1) is 0 Å². The molecule has 1 aromatic carbocycles. The summed E-state index contributed by atoms with van der Waals surface area (Å²) in [6, 6.07) is 11.4. The highest BCUT2D eigenvalue weighted by atomic mass is 16.1. The van der Waals surface area contributed by atoms with Crippen LogP contribution in [-0.2, 0) is 0 Å². The molecule has 0 unspecified atom stereocenters. The maximum Gasteiger partial charge on any atom is 0.248 e. The minimum absolute atomic E-state index is 0.0889. The van der Waals surface area contributed by atoms with Crippen LogP contribution in [0, 0.1) is 0 Å². The van der Waals surface area contributed by atoms with Gasteiger partial charge in [-0.3, -0.25) is 9.78 Å². The van der Waals surface area contributed by atoms with Gasteiger partial charge >= 0.3 is 0 Å². The van der Waals surface area contributed by atoms with E-state index in [-0.39, 0.29) is 5.56 Å². The summed E-state index contributed by atoms with van der Waals surface area (Å²) in [5.74, 6) is 0. The van der Waals surface area contributed by atoms with Crippen molar-refractivity contribution in [3.63, 3.8) is 0 Å². The Balaban J connectivity index is 1.86. The molecule has 126 valence electrons. The number of anilines is 1. The van der Waals surface area contributed by atoms with Crippen LogP contribution in [0.4, 0.5) is 5.69 Å². The van der Waals surface area contributed by atoms with Gasteiger partial charge in [0.1, 0.15) is 0 Å². The van der Waals surface area contributed by atoms with Gasteiger partial charge in [0.05, 0.1) is 5.69 Å². The van der Waals surface area contributed by atoms with Crippen molar-refractivity contribution in [2.75, 3.05) is 11.9 Å². The predicted molar refractivity (Wildman–Crippen MR) is 105 cm³/mol. The average molecular weight is 331 g/mol. The van der Waals surface area contributed by atoms with E-state index in [2.05, 4.69) is 39.6 Å². The number of rotatable bonds is 5. The monoisotopic (exact) mass is 331 g/mol. The number of allylic oxidation sites excluding steroid dienone is 2. The molecule has 3 aromatic rings. The summed E-state index contributed by atoms with van der Waals surface area (Å²) in [5, 5.41) is 4.41. The highest BCUT2D eigenvalue weighted by Crippen LogP contribution is 2.24. The predicted octanol–water partition coefficient (Wildman–Crippen LogP) is 4.52. The maximum absolute atomic E-state index is 11.4. The summed E-state index contributed by atoms with van der Waals surface area (Å²) in [7, 11) is 0. The Bertz CT molecular complexity index is 999. The molecular weight excluding hydrogens is 310 g/mol. The summed E-state index contributed by atoms with van der Waals surface area (Å²) >= 11 is 0. The van der Waals surface area contributed by atoms with Crippen LogP contribution < -0.4 is 10.9 Å². The first kappa shape index (κ1) is 16.7. The van der Waals surface area contributed by atoms with Crippen LogP contribution >= 0.6 is 0 Å². The fourth-order valence-electron chi connectivity index (χ4n) is 2.70. The normalized spacial score (nSPS) is 12.0. The van der Waals surface area contributed by atoms with Crippen molar-refractivity contribution in [2.45, 2.75) is 13.8 Å². The van der Waals surface area contributed by atoms with E-state index in [4.69, 9.17) is 0 Å². The van der Waals surface area contributed by atoms with E-state index in [1.807, 2.05) is 50.5 Å². The number of pyridine rings is 2. The summed E-state index contributed by atoms with van der Waals surface area (Å²) in [5.41, 5.74) is 5.05. The van der Waals surface area contributed by atoms with Gasteiger partial charge in [0, 0.05) is 36.1 Å². The molecule has 25 heavy (non-hydrogen) atoms. The van der Waals surface area contributed by atoms with E-state index >= 15 is 0 Å². The van der Waals surface area contributed by atoms with Gasteiger partial charge in [0.15, 0.2) is 0 Å². The van der Waals surface area contributed by atoms with Crippen molar-refractivity contribution in [1.29, 1.82) is 0 Å². The standard InChI is InChI=1S/C21H21N3O/c1-3-5-15(4-2)12-23-19-11-18(13-22-14-19)16-6-8-20-17(10-16)7-9-21(25)24-20/h3-11,13-14,23H,12H2,1-2H3,(H,24,25)/b5-3-,15-4+. The second kappa shape index (κ2) is 7.62. The Morgan fingerprint density at radius 3 is 2.80 bits per heavy atom. The lowest BCUT2D eigenvalue weighted by molar-refractivity contribution is 1.22. The first-order valence-corrected chi connectivity index (χ1v) is 8.30. The van der Waals surface area contributed by atoms with E-state index in [1.54, 1.807) is 6.07 Å². The zero-order valence-electron chi connectivity index (χ0n) is 14.4. The number of hydrogen-bond acceptors (Lipinski definition) is 3. The smallest absolute Gasteiger partial charge is 0.248 e. The van der Waals surface area contributed by atoms with Crippen LogP contribution in [0.5, 0.6) is 0 Å². The molecule has 3 rings (SSSR count). The van der Waals surface area contributed by atoms with Crippen LogP contribution in [0.3, 0.4) is 0 Å². The highest BCUT2D eigenvalue weighted by molar-refractivity contribution is 5.84. The fraction of sp³-hybridized carbons (Fsp3) is 0.143. The van der Waals surface area contributed by atoms with Crippen molar-refractivity contribution in [3.05, 3.63) is 82.9 Å². The van der Waals surface area contributed by atoms with Crippen LogP contribution in [-0.4, -0.2) is 16.5 Å². The first-order valence-electron chi connectivity index (χ1n) is 8.30. The minimum atomic E-state index is -0.0889. The van der Waals surface area contributed by atoms with Crippen LogP contribution in [0.2, 0.25) is 0 Å². The Kier molecular flexibility index (Phi) is 5.09. The van der Waals surface area contributed by atoms with Crippen molar-refractivity contribution in [3.8, 4) is 11.1 Å². The third-order valence-electron chi connectivity index (χ3n) is 4.04. The van der Waals surface area contributed by atoms with Crippen LogP contribution in [0.1, 0.15) is 13.8 Å². The topological polar surface area (TPSA) is 57.8 Å². The van der Waals surface area contributed by atoms with Crippen molar-refractivity contribution < 1.29 is 0 Å². The molecule has 0 spiro atoms. The molecule has 0 bridgehead atoms. The van der Waals surface area contributed by atoms with Crippen molar-refractivity contribution in [1.82, 2.24) is 9.97 Å². The van der Waals surface area contributed by atoms with Gasteiger partial charge < -0.3 is 10.3 Å². The number of nitrogens with one attached hydrogen (secondary N) is 2. The zero-order chi connectivity index (χ0) is 17.6. The fourth-order valence-corrected chi connectivity index (χ4v) is 2.70. The molecule has 0 aliphatic rings. The third kappa shape index (κ3) is 4.04. The van der Waals surface area contributed by atoms with Gasteiger partial charge in [0.25, 0.3) is 0 Å². The van der Waals surface area contributed by atoms with E-state index in [1.165, 1.54) is 5.57 Å². The number of fused-ring (bicyclic) bond motifs is 1. The number of hydrogen-bond donors (Lipinski definition) is 2. The maximum atomic E-state index is 11.4. The SMILES string of the molecule is C/C=C\C(=C/C)CNc1cncc(-c2ccc3[nH]c(=O)ccc3c2)c1. The van der Waals surface area contributed by atoms with Crippen molar-refractivity contribution >= 4 is 16.6 Å². The Hall–Kier alpha value is -3.14. The van der Waals surface area contributed by atoms with Crippen LogP contribution in [0.15, 0.2) is 77.4 Å². The molecule has 0 atom stereocenters. The summed E-state index contributed by atoms with van der Waals surface area (Å²) in [6.07, 6.45) is 9.89. The molecule has 0 saturated heterocycles. The lowest BCUT2D eigenvalue weighted by Crippen LogP contribution is -2.04. The largest absolute Gasteiger partial charge is 0.380 e. The molecule has 4 nitrogen and oxygen atoms in total. The molecule has 2 aromatic heterocycles. The van der Waals surface area contributed by atoms with Crippen molar-refractivity contribution in [2.24, 2.45) is 0 Å². The number of aromatic nitrogens is 2. The second-order valence-corrected chi connectivity index (χ2v) is 5.80. The van der Waals surface area contributed by atoms with E-state index in [0.29, 0.717) is 0 Å². The summed E-state index contributed by atoms with van der Waals surface area (Å²) in [6.45, 7) is 4.80. The lowest BCUT2D eigenvalue weighted by atomic mass is 10.0. The van der Waals surface area contributed by atoms with Gasteiger partial charge in [-0.1, -0.05) is 24.3 Å². The molecule has 0 radical (unpaired) electrons. The molecule has 0 saturated carbocycles. The van der Waals surface area contributed by atoms with E-state index in [0.717, 1.165) is 34.3 Å². The number of benzene rings is 1. The molecule has 2 heterocycles. The number of H-pyrrole nitrogens is 1. The molecule has 0 fully saturated rings. The van der Waals surface area contributed by atoms with Gasteiger partial charge in [-0.05, 0) is 54.6 Å². The second-order valence-electron chi connectivity index (χ2n) is 5.80. The quantitative estimate of drug-likeness (QED) is 0.676. The minimum Gasteiger partial charge on any atom is -0.380 e. The third-order valence-corrected chi connectivity index (χ3v) is 4.04. The first-order chi connectivity index (χ1) is 12.2. The zero-order valence-corrected chi connectivity index (χ0v) is 14.4. The molecule has 0 aliphatic heterocycles. The van der Waals surface area contributed by atoms with E-state index < -0.39 is 0 Å². The lowest BCUT2D eigenvalue weighted by Gasteiger charge is -2.09. The Morgan fingerprint density at radius 1 is 1.12 bits per heavy atom. The molecule has 0 aliphatic carbocycles. The highest BCUT2D eigenvalue weighted by Gasteiger charge is 2.03. The number of nitrogens with zero attached hydrogens (tertiary/aromatic N) is 1. The average Bonchev–Trinajstić information content (AvgIpc) is 2.65. The molecule has 4 heteroatoms.